The molecule has 1 aliphatic rings. The van der Waals surface area contributed by atoms with E-state index < -0.39 is 0 Å². The van der Waals surface area contributed by atoms with E-state index in [2.05, 4.69) is 36.9 Å². The quantitative estimate of drug-likeness (QED) is 0.924. The molecule has 1 aromatic heterocycles. The summed E-state index contributed by atoms with van der Waals surface area (Å²) in [7, 11) is 0. The van der Waals surface area contributed by atoms with E-state index in [-0.39, 0.29) is 0 Å². The van der Waals surface area contributed by atoms with Gasteiger partial charge in [-0.05, 0) is 17.5 Å². The molecule has 3 rings (SSSR count). The lowest BCUT2D eigenvalue weighted by Crippen LogP contribution is -2.48. The Hall–Kier alpha value is -1.13. The smallest absolute Gasteiger partial charge is 0.186 e. The summed E-state index contributed by atoms with van der Waals surface area (Å²) >= 11 is 1.76. The summed E-state index contributed by atoms with van der Waals surface area (Å²) in [5, 5.41) is 10.2. The first kappa shape index (κ1) is 11.9. The van der Waals surface area contributed by atoms with Crippen LogP contribution in [0, 0.1) is 5.92 Å². The molecule has 0 unspecified atom stereocenters. The molecule has 2 heterocycles. The number of fused-ring (bicyclic) bond motifs is 1. The highest BCUT2D eigenvalue weighted by molar-refractivity contribution is 7.22. The van der Waals surface area contributed by atoms with Crippen molar-refractivity contribution in [2.24, 2.45) is 5.92 Å². The Morgan fingerprint density at radius 1 is 1.44 bits per heavy atom. The first-order chi connectivity index (χ1) is 8.69. The zero-order valence-corrected chi connectivity index (χ0v) is 11.6. The average Bonchev–Trinajstić information content (AvgIpc) is 2.70. The Bertz CT molecular complexity index is 558. The fourth-order valence-electron chi connectivity index (χ4n) is 2.40. The van der Waals surface area contributed by atoms with E-state index in [9.17, 15) is 0 Å². The maximum absolute atomic E-state index is 9.06. The molecule has 4 heteroatoms. The van der Waals surface area contributed by atoms with Gasteiger partial charge in [-0.1, -0.05) is 37.3 Å². The predicted molar refractivity (Wildman–Crippen MR) is 76.5 cm³/mol. The minimum atomic E-state index is 0.290. The van der Waals surface area contributed by atoms with Crippen molar-refractivity contribution in [1.82, 2.24) is 4.98 Å². The van der Waals surface area contributed by atoms with Gasteiger partial charge in [-0.15, -0.1) is 0 Å². The van der Waals surface area contributed by atoms with Gasteiger partial charge in [0.25, 0.3) is 0 Å². The number of aromatic nitrogens is 1. The molecule has 0 aliphatic carbocycles. The van der Waals surface area contributed by atoms with Crippen molar-refractivity contribution in [3.05, 3.63) is 23.8 Å². The van der Waals surface area contributed by atoms with Crippen LogP contribution in [-0.2, 0) is 0 Å². The van der Waals surface area contributed by atoms with Crippen LogP contribution in [0.2, 0.25) is 0 Å². The number of anilines is 1. The van der Waals surface area contributed by atoms with Crippen LogP contribution in [0.5, 0.6) is 0 Å². The van der Waals surface area contributed by atoms with E-state index in [1.54, 1.807) is 11.3 Å². The number of para-hydroxylation sites is 1. The second kappa shape index (κ2) is 4.52. The molecule has 1 N–H and O–H groups in total. The number of thiazole rings is 1. The highest BCUT2D eigenvalue weighted by Crippen LogP contribution is 2.35. The van der Waals surface area contributed by atoms with Crippen LogP contribution in [0.4, 0.5) is 5.13 Å². The van der Waals surface area contributed by atoms with Crippen molar-refractivity contribution in [3.8, 4) is 0 Å². The van der Waals surface area contributed by atoms with Crippen LogP contribution in [0.3, 0.4) is 0 Å². The predicted octanol–water partition coefficient (Wildman–Crippen LogP) is 2.85. The van der Waals surface area contributed by atoms with E-state index in [0.29, 0.717) is 18.4 Å². The van der Waals surface area contributed by atoms with Crippen molar-refractivity contribution in [3.63, 3.8) is 0 Å². The van der Waals surface area contributed by atoms with E-state index in [4.69, 9.17) is 10.1 Å². The van der Waals surface area contributed by atoms with Gasteiger partial charge >= 0.3 is 0 Å². The van der Waals surface area contributed by atoms with Gasteiger partial charge in [0.1, 0.15) is 0 Å². The third-order valence-corrected chi connectivity index (χ3v) is 4.63. The molecule has 1 saturated heterocycles. The molecule has 0 spiro atoms. The Morgan fingerprint density at radius 2 is 2.22 bits per heavy atom. The molecule has 0 saturated carbocycles. The maximum Gasteiger partial charge on any atom is 0.186 e. The van der Waals surface area contributed by atoms with Crippen molar-refractivity contribution in [2.45, 2.75) is 19.8 Å². The number of aliphatic hydroxyl groups is 1. The number of nitrogens with zero attached hydrogens (tertiary/aromatic N) is 2. The number of aliphatic hydroxyl groups excluding tert-OH is 1. The van der Waals surface area contributed by atoms with Crippen molar-refractivity contribution >= 4 is 26.7 Å². The van der Waals surface area contributed by atoms with Crippen LogP contribution in [-0.4, -0.2) is 29.8 Å². The summed E-state index contributed by atoms with van der Waals surface area (Å²) in [4.78, 5) is 7.05. The Morgan fingerprint density at radius 3 is 2.89 bits per heavy atom. The molecule has 0 atom stereocenters. The summed E-state index contributed by atoms with van der Waals surface area (Å²) < 4.78 is 1.27. The monoisotopic (exact) mass is 262 g/mol. The Labute approximate surface area is 111 Å². The molecule has 1 aromatic carbocycles. The molecule has 0 bridgehead atoms. The summed E-state index contributed by atoms with van der Waals surface area (Å²) in [6.45, 7) is 6.58. The van der Waals surface area contributed by atoms with E-state index >= 15 is 0 Å². The summed E-state index contributed by atoms with van der Waals surface area (Å²) in [6, 6.07) is 6.43. The van der Waals surface area contributed by atoms with Gasteiger partial charge < -0.3 is 10.0 Å². The van der Waals surface area contributed by atoms with Gasteiger partial charge in [-0.2, -0.15) is 0 Å². The number of rotatable bonds is 3. The van der Waals surface area contributed by atoms with Crippen molar-refractivity contribution < 1.29 is 5.11 Å². The normalized spacial score (nSPS) is 16.6. The molecule has 18 heavy (non-hydrogen) atoms. The fourth-order valence-corrected chi connectivity index (χ4v) is 3.42. The molecular formula is C14H18N2OS. The molecule has 0 radical (unpaired) electrons. The molecule has 1 fully saturated rings. The largest absolute Gasteiger partial charge is 0.396 e. The highest BCUT2D eigenvalue weighted by atomic mass is 32.1. The third kappa shape index (κ3) is 1.89. The van der Waals surface area contributed by atoms with Gasteiger partial charge in [0.05, 0.1) is 10.2 Å². The molecule has 1 aliphatic heterocycles. The molecule has 0 amide bonds. The number of hydrogen-bond acceptors (Lipinski definition) is 4. The third-order valence-electron chi connectivity index (χ3n) is 3.55. The van der Waals surface area contributed by atoms with Crippen LogP contribution in [0.15, 0.2) is 18.2 Å². The zero-order chi connectivity index (χ0) is 12.7. The molecular weight excluding hydrogens is 244 g/mol. The SMILES string of the molecule is CC(C)c1cccc2sc(N3CC(CO)C3)nc12. The van der Waals surface area contributed by atoms with Crippen LogP contribution in [0.1, 0.15) is 25.3 Å². The van der Waals surface area contributed by atoms with Gasteiger partial charge in [-0.3, -0.25) is 0 Å². The van der Waals surface area contributed by atoms with Crippen molar-refractivity contribution in [2.75, 3.05) is 24.6 Å². The van der Waals surface area contributed by atoms with Crippen LogP contribution < -0.4 is 4.90 Å². The summed E-state index contributed by atoms with van der Waals surface area (Å²) in [5.74, 6) is 0.937. The highest BCUT2D eigenvalue weighted by Gasteiger charge is 2.28. The summed E-state index contributed by atoms with van der Waals surface area (Å²) in [6.07, 6.45) is 0. The fraction of sp³-hybridized carbons (Fsp3) is 0.500. The van der Waals surface area contributed by atoms with E-state index in [0.717, 1.165) is 23.7 Å². The van der Waals surface area contributed by atoms with Crippen LogP contribution in [0.25, 0.3) is 10.2 Å². The minimum absolute atomic E-state index is 0.290. The molecule has 2 aromatic rings. The second-order valence-corrected chi connectivity index (χ2v) is 6.31. The lowest BCUT2D eigenvalue weighted by Gasteiger charge is -2.37. The topological polar surface area (TPSA) is 36.4 Å². The lowest BCUT2D eigenvalue weighted by molar-refractivity contribution is 0.201. The average molecular weight is 262 g/mol. The van der Waals surface area contributed by atoms with E-state index in [1.165, 1.54) is 10.3 Å². The standard InChI is InChI=1S/C14H18N2OS/c1-9(2)11-4-3-5-12-13(11)15-14(18-12)16-6-10(7-16)8-17/h3-5,9-10,17H,6-8H2,1-2H3. The minimum Gasteiger partial charge on any atom is -0.396 e. The second-order valence-electron chi connectivity index (χ2n) is 5.30. The first-order valence-electron chi connectivity index (χ1n) is 6.44. The van der Waals surface area contributed by atoms with Crippen molar-refractivity contribution in [1.29, 1.82) is 0 Å². The number of hydrogen-bond donors (Lipinski definition) is 1. The Balaban J connectivity index is 1.94. The van der Waals surface area contributed by atoms with E-state index in [1.807, 2.05) is 0 Å². The Kier molecular flexibility index (Phi) is 2.99. The maximum atomic E-state index is 9.06. The molecule has 3 nitrogen and oxygen atoms in total. The van der Waals surface area contributed by atoms with Gasteiger partial charge in [0.2, 0.25) is 0 Å². The summed E-state index contributed by atoms with van der Waals surface area (Å²) in [5.41, 5.74) is 2.48. The van der Waals surface area contributed by atoms with Gasteiger partial charge in [-0.25, -0.2) is 4.98 Å². The first-order valence-corrected chi connectivity index (χ1v) is 7.26. The van der Waals surface area contributed by atoms with Gasteiger partial charge in [0.15, 0.2) is 5.13 Å². The number of benzene rings is 1. The lowest BCUT2D eigenvalue weighted by atomic mass is 10.0. The van der Waals surface area contributed by atoms with Crippen LogP contribution >= 0.6 is 11.3 Å². The molecule has 96 valence electrons. The van der Waals surface area contributed by atoms with Gasteiger partial charge in [0, 0.05) is 25.6 Å². The zero-order valence-electron chi connectivity index (χ0n) is 10.8.